The van der Waals surface area contributed by atoms with Crippen molar-refractivity contribution in [2.75, 3.05) is 25.9 Å². The SMILES string of the molecule is CN1CCc2c(cccc2-c2cc(-c3ccc4c(c3)CCNC4=O)c(N)nc2F)C1. The van der Waals surface area contributed by atoms with E-state index in [0.29, 0.717) is 23.2 Å². The number of amides is 1. The molecule has 3 aromatic rings. The third-order valence-electron chi connectivity index (χ3n) is 6.09. The van der Waals surface area contributed by atoms with Gasteiger partial charge in [0.05, 0.1) is 0 Å². The van der Waals surface area contributed by atoms with Gasteiger partial charge in [0.15, 0.2) is 0 Å². The molecular formula is C24H23FN4O. The molecule has 0 aliphatic carbocycles. The molecule has 5 rings (SSSR count). The van der Waals surface area contributed by atoms with Gasteiger partial charge in [0, 0.05) is 36.3 Å². The summed E-state index contributed by atoms with van der Waals surface area (Å²) in [5.74, 6) is -0.462. The van der Waals surface area contributed by atoms with Gasteiger partial charge in [-0.3, -0.25) is 4.79 Å². The van der Waals surface area contributed by atoms with Crippen molar-refractivity contribution in [2.45, 2.75) is 19.4 Å². The minimum atomic E-state index is -0.555. The number of nitrogen functional groups attached to an aromatic ring is 1. The van der Waals surface area contributed by atoms with Gasteiger partial charge in [-0.15, -0.1) is 0 Å². The first-order valence-electron chi connectivity index (χ1n) is 10.2. The number of fused-ring (bicyclic) bond motifs is 2. The van der Waals surface area contributed by atoms with Crippen molar-refractivity contribution < 1.29 is 9.18 Å². The molecule has 2 aromatic carbocycles. The predicted octanol–water partition coefficient (Wildman–Crippen LogP) is 3.41. The van der Waals surface area contributed by atoms with Gasteiger partial charge in [-0.1, -0.05) is 30.3 Å². The number of nitrogens with zero attached hydrogens (tertiary/aromatic N) is 2. The Morgan fingerprint density at radius 3 is 2.77 bits per heavy atom. The molecule has 0 unspecified atom stereocenters. The Morgan fingerprint density at radius 1 is 1.03 bits per heavy atom. The number of hydrogen-bond acceptors (Lipinski definition) is 4. The molecule has 0 fully saturated rings. The first-order chi connectivity index (χ1) is 14.5. The summed E-state index contributed by atoms with van der Waals surface area (Å²) in [4.78, 5) is 18.3. The molecule has 1 aromatic heterocycles. The third-order valence-corrected chi connectivity index (χ3v) is 6.09. The molecule has 152 valence electrons. The van der Waals surface area contributed by atoms with Crippen molar-refractivity contribution >= 4 is 11.7 Å². The zero-order valence-corrected chi connectivity index (χ0v) is 16.8. The summed E-state index contributed by atoms with van der Waals surface area (Å²) >= 11 is 0. The lowest BCUT2D eigenvalue weighted by Gasteiger charge is -2.27. The van der Waals surface area contributed by atoms with Gasteiger partial charge < -0.3 is 16.0 Å². The molecule has 0 saturated heterocycles. The first-order valence-corrected chi connectivity index (χ1v) is 10.2. The average Bonchev–Trinajstić information content (AvgIpc) is 2.73. The topological polar surface area (TPSA) is 71.2 Å². The minimum Gasteiger partial charge on any atom is -0.383 e. The maximum atomic E-state index is 14.9. The minimum absolute atomic E-state index is 0.0606. The molecule has 5 nitrogen and oxygen atoms in total. The van der Waals surface area contributed by atoms with Crippen LogP contribution < -0.4 is 11.1 Å². The molecule has 6 heteroatoms. The van der Waals surface area contributed by atoms with Crippen LogP contribution in [0.5, 0.6) is 0 Å². The summed E-state index contributed by atoms with van der Waals surface area (Å²) in [6.07, 6.45) is 1.63. The normalized spacial score (nSPS) is 16.0. The number of carbonyl (C=O) groups is 1. The van der Waals surface area contributed by atoms with E-state index in [9.17, 15) is 9.18 Å². The smallest absolute Gasteiger partial charge is 0.251 e. The van der Waals surface area contributed by atoms with Crippen LogP contribution in [0.4, 0.5) is 10.2 Å². The Hall–Kier alpha value is -3.25. The fourth-order valence-electron chi connectivity index (χ4n) is 4.52. The Balaban J connectivity index is 1.63. The van der Waals surface area contributed by atoms with Gasteiger partial charge >= 0.3 is 0 Å². The molecule has 0 radical (unpaired) electrons. The number of halogens is 1. The summed E-state index contributed by atoms with van der Waals surface area (Å²) in [7, 11) is 2.09. The molecule has 2 aliphatic heterocycles. The third kappa shape index (κ3) is 3.13. The second-order valence-corrected chi connectivity index (χ2v) is 8.07. The highest BCUT2D eigenvalue weighted by molar-refractivity contribution is 5.97. The fraction of sp³-hybridized carbons (Fsp3) is 0.250. The maximum absolute atomic E-state index is 14.9. The summed E-state index contributed by atoms with van der Waals surface area (Å²) in [6, 6.07) is 13.5. The largest absolute Gasteiger partial charge is 0.383 e. The Morgan fingerprint density at radius 2 is 1.90 bits per heavy atom. The first kappa shape index (κ1) is 18.8. The van der Waals surface area contributed by atoms with Crippen LogP contribution in [0.2, 0.25) is 0 Å². The number of hydrogen-bond donors (Lipinski definition) is 2. The lowest BCUT2D eigenvalue weighted by Crippen LogP contribution is -2.31. The van der Waals surface area contributed by atoms with E-state index in [1.54, 1.807) is 6.07 Å². The second kappa shape index (κ2) is 7.22. The van der Waals surface area contributed by atoms with Crippen LogP contribution in [0.15, 0.2) is 42.5 Å². The van der Waals surface area contributed by atoms with E-state index in [2.05, 4.69) is 28.3 Å². The van der Waals surface area contributed by atoms with Gasteiger partial charge in [0.25, 0.3) is 5.91 Å². The highest BCUT2D eigenvalue weighted by Gasteiger charge is 2.22. The van der Waals surface area contributed by atoms with Gasteiger partial charge in [-0.05, 0) is 59.8 Å². The molecule has 1 amide bonds. The van der Waals surface area contributed by atoms with Gasteiger partial charge in [-0.2, -0.15) is 4.39 Å². The van der Waals surface area contributed by atoms with Crippen molar-refractivity contribution in [3.05, 3.63) is 70.7 Å². The van der Waals surface area contributed by atoms with E-state index >= 15 is 0 Å². The zero-order valence-electron chi connectivity index (χ0n) is 16.8. The Labute approximate surface area is 174 Å². The Kier molecular flexibility index (Phi) is 4.51. The van der Waals surface area contributed by atoms with Crippen molar-refractivity contribution in [3.8, 4) is 22.3 Å². The maximum Gasteiger partial charge on any atom is 0.251 e. The zero-order chi connectivity index (χ0) is 20.8. The molecule has 0 saturated carbocycles. The number of nitrogens with two attached hydrogens (primary N) is 1. The molecule has 0 bridgehead atoms. The molecule has 3 heterocycles. The number of pyridine rings is 1. The number of likely N-dealkylation sites (N-methyl/N-ethyl adjacent to an activating group) is 1. The lowest BCUT2D eigenvalue weighted by molar-refractivity contribution is 0.0946. The van der Waals surface area contributed by atoms with Crippen LogP contribution >= 0.6 is 0 Å². The summed E-state index contributed by atoms with van der Waals surface area (Å²) < 4.78 is 14.9. The Bertz CT molecular complexity index is 1170. The van der Waals surface area contributed by atoms with Crippen LogP contribution in [-0.4, -0.2) is 35.9 Å². The van der Waals surface area contributed by atoms with Crippen LogP contribution in [-0.2, 0) is 19.4 Å². The molecule has 3 N–H and O–H groups in total. The van der Waals surface area contributed by atoms with Crippen LogP contribution in [0.25, 0.3) is 22.3 Å². The number of benzene rings is 2. The van der Waals surface area contributed by atoms with Crippen molar-refractivity contribution in [1.29, 1.82) is 0 Å². The van der Waals surface area contributed by atoms with E-state index in [1.165, 1.54) is 11.1 Å². The second-order valence-electron chi connectivity index (χ2n) is 8.07. The number of aromatic nitrogens is 1. The van der Waals surface area contributed by atoms with E-state index in [1.807, 2.05) is 30.3 Å². The molecular weight excluding hydrogens is 379 g/mol. The molecule has 2 aliphatic rings. The van der Waals surface area contributed by atoms with E-state index in [0.717, 1.165) is 42.6 Å². The molecule has 30 heavy (non-hydrogen) atoms. The number of carbonyl (C=O) groups excluding carboxylic acids is 1. The fourth-order valence-corrected chi connectivity index (χ4v) is 4.52. The number of anilines is 1. The summed E-state index contributed by atoms with van der Waals surface area (Å²) in [6.45, 7) is 2.41. The van der Waals surface area contributed by atoms with Gasteiger partial charge in [-0.25, -0.2) is 4.98 Å². The van der Waals surface area contributed by atoms with Crippen LogP contribution in [0.1, 0.15) is 27.0 Å². The highest BCUT2D eigenvalue weighted by Crippen LogP contribution is 2.36. The monoisotopic (exact) mass is 402 g/mol. The number of nitrogens with one attached hydrogen (secondary N) is 1. The van der Waals surface area contributed by atoms with E-state index in [-0.39, 0.29) is 11.7 Å². The lowest BCUT2D eigenvalue weighted by atomic mass is 9.89. The van der Waals surface area contributed by atoms with E-state index < -0.39 is 5.95 Å². The summed E-state index contributed by atoms with van der Waals surface area (Å²) in [5, 5.41) is 2.85. The molecule has 0 spiro atoms. The molecule has 0 atom stereocenters. The number of rotatable bonds is 2. The quantitative estimate of drug-likeness (QED) is 0.645. The predicted molar refractivity (Wildman–Crippen MR) is 116 cm³/mol. The van der Waals surface area contributed by atoms with Gasteiger partial charge in [0.2, 0.25) is 5.95 Å². The average molecular weight is 402 g/mol. The van der Waals surface area contributed by atoms with Crippen molar-refractivity contribution in [3.63, 3.8) is 0 Å². The van der Waals surface area contributed by atoms with Crippen LogP contribution in [0, 0.1) is 5.95 Å². The summed E-state index contributed by atoms with van der Waals surface area (Å²) in [5.41, 5.74) is 13.1. The highest BCUT2D eigenvalue weighted by atomic mass is 19.1. The standard InChI is InChI=1S/C24H23FN4O/c1-29-10-8-17-16(13-29)3-2-4-19(17)21-12-20(23(26)28-22(21)25)14-5-6-18-15(11-14)7-9-27-24(18)30/h2-6,11-12H,7-10,13H2,1H3,(H2,26,28)(H,27,30). The van der Waals surface area contributed by atoms with Crippen LogP contribution in [0.3, 0.4) is 0 Å². The van der Waals surface area contributed by atoms with Crippen molar-refractivity contribution in [1.82, 2.24) is 15.2 Å². The van der Waals surface area contributed by atoms with Gasteiger partial charge in [0.1, 0.15) is 5.82 Å². The van der Waals surface area contributed by atoms with Crippen molar-refractivity contribution in [2.24, 2.45) is 0 Å². The van der Waals surface area contributed by atoms with E-state index in [4.69, 9.17) is 5.73 Å².